The largest absolute Gasteiger partial charge is 0.508 e. The van der Waals surface area contributed by atoms with Crippen LogP contribution >= 0.6 is 12.4 Å². The molecule has 7 heteroatoms. The summed E-state index contributed by atoms with van der Waals surface area (Å²) in [5.41, 5.74) is 3.03. The summed E-state index contributed by atoms with van der Waals surface area (Å²) >= 11 is 0. The maximum Gasteiger partial charge on any atom is 0.217 e. The molecular formula is C24H29ClN4O2. The first-order chi connectivity index (χ1) is 14.7. The van der Waals surface area contributed by atoms with Crippen LogP contribution in [0.3, 0.4) is 0 Å². The SMILES string of the molecule is Cc1cc(OCCCN2CCN(c3ccccc3)CC2)nc(-c2ccc(O)cc2)n1.Cl. The van der Waals surface area contributed by atoms with Crippen molar-refractivity contribution in [3.8, 4) is 23.0 Å². The Labute approximate surface area is 189 Å². The zero-order chi connectivity index (χ0) is 20.8. The second-order valence-electron chi connectivity index (χ2n) is 7.58. The number of nitrogens with zero attached hydrogens (tertiary/aromatic N) is 4. The third-order valence-corrected chi connectivity index (χ3v) is 5.32. The molecule has 31 heavy (non-hydrogen) atoms. The van der Waals surface area contributed by atoms with Crippen LogP contribution in [0.5, 0.6) is 11.6 Å². The molecule has 164 valence electrons. The highest BCUT2D eigenvalue weighted by atomic mass is 35.5. The van der Waals surface area contributed by atoms with E-state index in [1.807, 2.05) is 25.1 Å². The molecular weight excluding hydrogens is 412 g/mol. The number of aromatic nitrogens is 2. The Morgan fingerprint density at radius 1 is 0.935 bits per heavy atom. The second kappa shape index (κ2) is 11.0. The van der Waals surface area contributed by atoms with Gasteiger partial charge in [0.25, 0.3) is 0 Å². The molecule has 2 aromatic carbocycles. The van der Waals surface area contributed by atoms with Gasteiger partial charge in [0, 0.05) is 55.7 Å². The van der Waals surface area contributed by atoms with Crippen molar-refractivity contribution < 1.29 is 9.84 Å². The summed E-state index contributed by atoms with van der Waals surface area (Å²) in [6, 6.07) is 19.4. The van der Waals surface area contributed by atoms with Gasteiger partial charge >= 0.3 is 0 Å². The number of ether oxygens (including phenoxy) is 1. The third-order valence-electron chi connectivity index (χ3n) is 5.32. The standard InChI is InChI=1S/C24H28N4O2.ClH/c1-19-18-23(26-24(25-19)20-8-10-22(29)11-9-20)30-17-5-12-27-13-15-28(16-14-27)21-6-3-2-4-7-21;/h2-4,6-11,18,29H,5,12-17H2,1H3;1H. The smallest absolute Gasteiger partial charge is 0.217 e. The Balaban J connectivity index is 0.00000272. The van der Waals surface area contributed by atoms with Crippen LogP contribution in [-0.4, -0.2) is 59.3 Å². The van der Waals surface area contributed by atoms with E-state index in [9.17, 15) is 5.11 Å². The lowest BCUT2D eigenvalue weighted by atomic mass is 10.2. The zero-order valence-electron chi connectivity index (χ0n) is 17.8. The Morgan fingerprint density at radius 2 is 1.65 bits per heavy atom. The average Bonchev–Trinajstić information content (AvgIpc) is 2.78. The van der Waals surface area contributed by atoms with E-state index in [4.69, 9.17) is 4.74 Å². The summed E-state index contributed by atoms with van der Waals surface area (Å²) in [6.45, 7) is 7.86. The van der Waals surface area contributed by atoms with E-state index in [0.717, 1.165) is 50.4 Å². The molecule has 6 nitrogen and oxygen atoms in total. The van der Waals surface area contributed by atoms with E-state index < -0.39 is 0 Å². The molecule has 1 aliphatic heterocycles. The van der Waals surface area contributed by atoms with Gasteiger partial charge in [-0.05, 0) is 49.7 Å². The molecule has 0 spiro atoms. The first kappa shape index (κ1) is 22.8. The van der Waals surface area contributed by atoms with Crippen molar-refractivity contribution in [1.29, 1.82) is 0 Å². The van der Waals surface area contributed by atoms with Crippen molar-refractivity contribution >= 4 is 18.1 Å². The van der Waals surface area contributed by atoms with Crippen LogP contribution in [0, 0.1) is 6.92 Å². The molecule has 1 N–H and O–H groups in total. The van der Waals surface area contributed by atoms with Gasteiger partial charge in [0.2, 0.25) is 5.88 Å². The molecule has 0 amide bonds. The summed E-state index contributed by atoms with van der Waals surface area (Å²) in [6.07, 6.45) is 0.961. The van der Waals surface area contributed by atoms with Crippen molar-refractivity contribution in [2.45, 2.75) is 13.3 Å². The highest BCUT2D eigenvalue weighted by Gasteiger charge is 2.16. The van der Waals surface area contributed by atoms with E-state index in [-0.39, 0.29) is 18.2 Å². The van der Waals surface area contributed by atoms with E-state index in [2.05, 4.69) is 50.1 Å². The molecule has 1 aliphatic rings. The van der Waals surface area contributed by atoms with E-state index in [1.54, 1.807) is 12.1 Å². The number of benzene rings is 2. The number of hydrogen-bond donors (Lipinski definition) is 1. The minimum Gasteiger partial charge on any atom is -0.508 e. The lowest BCUT2D eigenvalue weighted by molar-refractivity contribution is 0.222. The van der Waals surface area contributed by atoms with Gasteiger partial charge in [-0.2, -0.15) is 4.98 Å². The molecule has 4 rings (SSSR count). The molecule has 0 saturated carbocycles. The van der Waals surface area contributed by atoms with Crippen molar-refractivity contribution in [2.24, 2.45) is 0 Å². The summed E-state index contributed by atoms with van der Waals surface area (Å²) in [5.74, 6) is 1.44. The molecule has 0 aliphatic carbocycles. The maximum atomic E-state index is 9.46. The fourth-order valence-corrected chi connectivity index (χ4v) is 3.69. The Hall–Kier alpha value is -2.83. The first-order valence-electron chi connectivity index (χ1n) is 10.5. The van der Waals surface area contributed by atoms with Crippen molar-refractivity contribution in [1.82, 2.24) is 14.9 Å². The number of rotatable bonds is 7. The van der Waals surface area contributed by atoms with E-state index >= 15 is 0 Å². The Bertz CT molecular complexity index is 946. The van der Waals surface area contributed by atoms with Gasteiger partial charge in [0.15, 0.2) is 5.82 Å². The number of halogens is 1. The molecule has 3 aromatic rings. The third kappa shape index (κ3) is 6.32. The van der Waals surface area contributed by atoms with Crippen LogP contribution in [0.2, 0.25) is 0 Å². The molecule has 0 bridgehead atoms. The number of aryl methyl sites for hydroxylation is 1. The maximum absolute atomic E-state index is 9.46. The average molecular weight is 441 g/mol. The van der Waals surface area contributed by atoms with Crippen molar-refractivity contribution in [3.63, 3.8) is 0 Å². The van der Waals surface area contributed by atoms with Gasteiger partial charge in [0.1, 0.15) is 5.75 Å². The fraction of sp³-hybridized carbons (Fsp3) is 0.333. The lowest BCUT2D eigenvalue weighted by Gasteiger charge is -2.36. The van der Waals surface area contributed by atoms with Crippen molar-refractivity contribution in [2.75, 3.05) is 44.2 Å². The summed E-state index contributed by atoms with van der Waals surface area (Å²) in [7, 11) is 0. The summed E-state index contributed by atoms with van der Waals surface area (Å²) in [5, 5.41) is 9.46. The van der Waals surface area contributed by atoms with E-state index in [0.29, 0.717) is 18.3 Å². The molecule has 0 radical (unpaired) electrons. The number of phenols is 1. The quantitative estimate of drug-likeness (QED) is 0.556. The van der Waals surface area contributed by atoms with Crippen LogP contribution < -0.4 is 9.64 Å². The molecule has 1 fully saturated rings. The highest BCUT2D eigenvalue weighted by molar-refractivity contribution is 5.85. The zero-order valence-corrected chi connectivity index (χ0v) is 18.6. The predicted octanol–water partition coefficient (Wildman–Crippen LogP) is 4.17. The molecule has 2 heterocycles. The van der Waals surface area contributed by atoms with Crippen LogP contribution in [-0.2, 0) is 0 Å². The van der Waals surface area contributed by atoms with Gasteiger partial charge in [-0.15, -0.1) is 12.4 Å². The lowest BCUT2D eigenvalue weighted by Crippen LogP contribution is -2.46. The summed E-state index contributed by atoms with van der Waals surface area (Å²) in [4.78, 5) is 13.9. The monoisotopic (exact) mass is 440 g/mol. The number of phenolic OH excluding ortho intramolecular Hbond substituents is 1. The fourth-order valence-electron chi connectivity index (χ4n) is 3.69. The topological polar surface area (TPSA) is 61.7 Å². The number of piperazine rings is 1. The van der Waals surface area contributed by atoms with Crippen molar-refractivity contribution in [3.05, 3.63) is 66.4 Å². The predicted molar refractivity (Wildman–Crippen MR) is 126 cm³/mol. The van der Waals surface area contributed by atoms with Gasteiger partial charge < -0.3 is 14.7 Å². The highest BCUT2D eigenvalue weighted by Crippen LogP contribution is 2.21. The Kier molecular flexibility index (Phi) is 8.09. The molecule has 0 unspecified atom stereocenters. The Morgan fingerprint density at radius 3 is 2.35 bits per heavy atom. The first-order valence-corrected chi connectivity index (χ1v) is 10.5. The number of para-hydroxylation sites is 1. The van der Waals surface area contributed by atoms with Gasteiger partial charge in [-0.25, -0.2) is 4.98 Å². The van der Waals surface area contributed by atoms with Gasteiger partial charge in [-0.1, -0.05) is 18.2 Å². The van der Waals surface area contributed by atoms with Crippen LogP contribution in [0.25, 0.3) is 11.4 Å². The molecule has 1 aromatic heterocycles. The number of anilines is 1. The van der Waals surface area contributed by atoms with Gasteiger partial charge in [0.05, 0.1) is 6.61 Å². The van der Waals surface area contributed by atoms with Crippen LogP contribution in [0.1, 0.15) is 12.1 Å². The number of hydrogen-bond acceptors (Lipinski definition) is 6. The molecule has 1 saturated heterocycles. The minimum atomic E-state index is 0. The normalized spacial score (nSPS) is 14.2. The second-order valence-corrected chi connectivity index (χ2v) is 7.58. The number of aromatic hydroxyl groups is 1. The van der Waals surface area contributed by atoms with Crippen LogP contribution in [0.4, 0.5) is 5.69 Å². The van der Waals surface area contributed by atoms with Gasteiger partial charge in [-0.3, -0.25) is 4.90 Å². The minimum absolute atomic E-state index is 0. The molecule has 0 atom stereocenters. The summed E-state index contributed by atoms with van der Waals surface area (Å²) < 4.78 is 5.92. The van der Waals surface area contributed by atoms with Crippen LogP contribution in [0.15, 0.2) is 60.7 Å². The van der Waals surface area contributed by atoms with E-state index in [1.165, 1.54) is 5.69 Å².